The van der Waals surface area contributed by atoms with E-state index < -0.39 is 5.82 Å². The number of amides is 1. The lowest BCUT2D eigenvalue weighted by Crippen LogP contribution is -2.15. The molecule has 144 valence electrons. The lowest BCUT2D eigenvalue weighted by atomic mass is 10.0. The zero-order valence-corrected chi connectivity index (χ0v) is 16.2. The largest absolute Gasteiger partial charge is 0.322 e. The molecule has 4 aromatic rings. The second-order valence-corrected chi connectivity index (χ2v) is 6.84. The molecule has 0 radical (unpaired) electrons. The number of halogens is 1. The molecule has 1 N–H and O–H groups in total. The summed E-state index contributed by atoms with van der Waals surface area (Å²) >= 11 is 0. The molecule has 0 fully saturated rings. The number of rotatable bonds is 4. The van der Waals surface area contributed by atoms with E-state index in [0.29, 0.717) is 22.6 Å². The van der Waals surface area contributed by atoms with Crippen LogP contribution in [0.15, 0.2) is 78.9 Å². The molecule has 0 spiro atoms. The van der Waals surface area contributed by atoms with Gasteiger partial charge in [-0.25, -0.2) is 9.07 Å². The first-order valence-electron chi connectivity index (χ1n) is 9.32. The molecular formula is C24H20FN3O. The van der Waals surface area contributed by atoms with Crippen LogP contribution in [0.5, 0.6) is 0 Å². The normalized spacial score (nSPS) is 10.7. The Kier molecular flexibility index (Phi) is 4.96. The van der Waals surface area contributed by atoms with Crippen molar-refractivity contribution in [2.24, 2.45) is 0 Å². The third kappa shape index (κ3) is 3.67. The first-order chi connectivity index (χ1) is 14.0. The van der Waals surface area contributed by atoms with Gasteiger partial charge >= 0.3 is 0 Å². The summed E-state index contributed by atoms with van der Waals surface area (Å²) in [4.78, 5) is 13.3. The summed E-state index contributed by atoms with van der Waals surface area (Å²) in [6.07, 6.45) is 0. The predicted octanol–water partition coefficient (Wildman–Crippen LogP) is 5.55. The van der Waals surface area contributed by atoms with Crippen LogP contribution in [0.25, 0.3) is 16.9 Å². The van der Waals surface area contributed by atoms with E-state index in [-0.39, 0.29) is 5.91 Å². The van der Waals surface area contributed by atoms with E-state index in [1.807, 2.05) is 74.5 Å². The van der Waals surface area contributed by atoms with Crippen LogP contribution in [0.3, 0.4) is 0 Å². The van der Waals surface area contributed by atoms with Crippen LogP contribution in [-0.4, -0.2) is 15.7 Å². The monoisotopic (exact) mass is 385 g/mol. The van der Waals surface area contributed by atoms with Crippen LogP contribution < -0.4 is 5.32 Å². The molecule has 1 aromatic heterocycles. The summed E-state index contributed by atoms with van der Waals surface area (Å²) in [5.74, 6) is -0.719. The van der Waals surface area contributed by atoms with Gasteiger partial charge in [-0.2, -0.15) is 5.10 Å². The molecule has 0 aliphatic carbocycles. The summed E-state index contributed by atoms with van der Waals surface area (Å²) < 4.78 is 15.4. The van der Waals surface area contributed by atoms with E-state index in [2.05, 4.69) is 5.32 Å². The van der Waals surface area contributed by atoms with Gasteiger partial charge in [0.25, 0.3) is 5.91 Å². The molecule has 0 bridgehead atoms. The number of nitrogens with one attached hydrogen (secondary N) is 1. The van der Waals surface area contributed by atoms with Gasteiger partial charge < -0.3 is 5.32 Å². The summed E-state index contributed by atoms with van der Waals surface area (Å²) in [5.41, 5.74) is 4.69. The Balaban J connectivity index is 1.84. The topological polar surface area (TPSA) is 46.9 Å². The number of carbonyl (C=O) groups excluding carboxylic acids is 1. The van der Waals surface area contributed by atoms with Crippen LogP contribution in [0, 0.1) is 19.7 Å². The molecule has 0 saturated heterocycles. The van der Waals surface area contributed by atoms with Crippen molar-refractivity contribution in [3.05, 3.63) is 102 Å². The lowest BCUT2D eigenvalue weighted by molar-refractivity contribution is 0.102. The van der Waals surface area contributed by atoms with E-state index in [1.54, 1.807) is 10.7 Å². The third-order valence-electron chi connectivity index (χ3n) is 4.84. The van der Waals surface area contributed by atoms with Crippen molar-refractivity contribution in [1.29, 1.82) is 0 Å². The number of carbonyl (C=O) groups is 1. The molecule has 0 aliphatic heterocycles. The number of benzene rings is 3. The van der Waals surface area contributed by atoms with E-state index in [1.165, 1.54) is 12.1 Å². The third-order valence-corrected chi connectivity index (χ3v) is 4.84. The number of hydrogen-bond acceptors (Lipinski definition) is 2. The van der Waals surface area contributed by atoms with Gasteiger partial charge in [0.1, 0.15) is 11.5 Å². The molecule has 1 heterocycles. The highest BCUT2D eigenvalue weighted by molar-refractivity contribution is 6.09. The van der Waals surface area contributed by atoms with Crippen molar-refractivity contribution in [2.45, 2.75) is 13.8 Å². The fourth-order valence-corrected chi connectivity index (χ4v) is 3.31. The Morgan fingerprint density at radius 1 is 0.931 bits per heavy atom. The van der Waals surface area contributed by atoms with Gasteiger partial charge in [0.2, 0.25) is 0 Å². The second kappa shape index (κ2) is 7.72. The molecular weight excluding hydrogens is 365 g/mol. The van der Waals surface area contributed by atoms with Crippen molar-refractivity contribution < 1.29 is 9.18 Å². The first kappa shape index (κ1) is 18.6. The van der Waals surface area contributed by atoms with Crippen molar-refractivity contribution in [1.82, 2.24) is 9.78 Å². The zero-order chi connectivity index (χ0) is 20.4. The number of para-hydroxylation sites is 1. The maximum atomic E-state index is 13.7. The molecule has 0 unspecified atom stereocenters. The van der Waals surface area contributed by atoms with Gasteiger partial charge in [-0.15, -0.1) is 0 Å². The van der Waals surface area contributed by atoms with Gasteiger partial charge in [-0.05, 0) is 43.7 Å². The predicted molar refractivity (Wildman–Crippen MR) is 113 cm³/mol. The summed E-state index contributed by atoms with van der Waals surface area (Å²) in [6.45, 7) is 3.69. The molecule has 4 rings (SSSR count). The van der Waals surface area contributed by atoms with Crippen molar-refractivity contribution in [3.8, 4) is 16.9 Å². The highest BCUT2D eigenvalue weighted by atomic mass is 19.1. The maximum Gasteiger partial charge on any atom is 0.259 e. The minimum absolute atomic E-state index is 0.322. The summed E-state index contributed by atoms with van der Waals surface area (Å²) in [5, 5.41) is 7.59. The number of hydrogen-bond donors (Lipinski definition) is 1. The highest BCUT2D eigenvalue weighted by Crippen LogP contribution is 2.28. The van der Waals surface area contributed by atoms with Gasteiger partial charge in [-0.3, -0.25) is 4.79 Å². The molecule has 4 nitrogen and oxygen atoms in total. The fourth-order valence-electron chi connectivity index (χ4n) is 3.31. The summed E-state index contributed by atoms with van der Waals surface area (Å²) in [6, 6.07) is 23.6. The van der Waals surface area contributed by atoms with Gasteiger partial charge in [0, 0.05) is 11.3 Å². The molecule has 3 aromatic carbocycles. The van der Waals surface area contributed by atoms with Crippen LogP contribution in [-0.2, 0) is 0 Å². The average molecular weight is 385 g/mol. The molecule has 1 amide bonds. The van der Waals surface area contributed by atoms with Crippen molar-refractivity contribution in [3.63, 3.8) is 0 Å². The van der Waals surface area contributed by atoms with E-state index in [4.69, 9.17) is 5.10 Å². The number of nitrogens with zero attached hydrogens (tertiary/aromatic N) is 2. The second-order valence-electron chi connectivity index (χ2n) is 6.84. The van der Waals surface area contributed by atoms with Gasteiger partial charge in [0.05, 0.1) is 16.9 Å². The Morgan fingerprint density at radius 3 is 2.28 bits per heavy atom. The van der Waals surface area contributed by atoms with Crippen LogP contribution in [0.4, 0.5) is 10.1 Å². The molecule has 0 saturated carbocycles. The van der Waals surface area contributed by atoms with Crippen LogP contribution in [0.2, 0.25) is 0 Å². The van der Waals surface area contributed by atoms with Gasteiger partial charge in [0.15, 0.2) is 0 Å². The van der Waals surface area contributed by atoms with Crippen LogP contribution >= 0.6 is 0 Å². The average Bonchev–Trinajstić information content (AvgIpc) is 3.09. The first-order valence-corrected chi connectivity index (χ1v) is 9.32. The standard InChI is InChI=1S/C24H20FN3O/c1-16-13-14-19(25)15-21(16)26-24(29)22-17(2)28(20-11-7-4-8-12-20)27-23(22)18-9-5-3-6-10-18/h3-15H,1-2H3,(H,26,29). The Hall–Kier alpha value is -3.73. The number of anilines is 1. The summed E-state index contributed by atoms with van der Waals surface area (Å²) in [7, 11) is 0. The lowest BCUT2D eigenvalue weighted by Gasteiger charge is -2.10. The van der Waals surface area contributed by atoms with Gasteiger partial charge in [-0.1, -0.05) is 54.6 Å². The fraction of sp³-hybridized carbons (Fsp3) is 0.0833. The molecule has 0 aliphatic rings. The smallest absolute Gasteiger partial charge is 0.259 e. The molecule has 5 heteroatoms. The molecule has 0 atom stereocenters. The quantitative estimate of drug-likeness (QED) is 0.501. The SMILES string of the molecule is Cc1ccc(F)cc1NC(=O)c1c(-c2ccccc2)nn(-c2ccccc2)c1C. The van der Waals surface area contributed by atoms with E-state index >= 15 is 0 Å². The maximum absolute atomic E-state index is 13.7. The molecule has 29 heavy (non-hydrogen) atoms. The van der Waals surface area contributed by atoms with Crippen molar-refractivity contribution >= 4 is 11.6 Å². The van der Waals surface area contributed by atoms with E-state index in [0.717, 1.165) is 16.8 Å². The van der Waals surface area contributed by atoms with Crippen LogP contribution in [0.1, 0.15) is 21.6 Å². The zero-order valence-electron chi connectivity index (χ0n) is 16.2. The Bertz CT molecular complexity index is 1170. The number of aryl methyl sites for hydroxylation is 1. The van der Waals surface area contributed by atoms with Crippen molar-refractivity contribution in [2.75, 3.05) is 5.32 Å². The number of aromatic nitrogens is 2. The minimum atomic E-state index is -0.397. The highest BCUT2D eigenvalue weighted by Gasteiger charge is 2.23. The Labute approximate surface area is 168 Å². The minimum Gasteiger partial charge on any atom is -0.322 e. The Morgan fingerprint density at radius 2 is 1.59 bits per heavy atom. The van der Waals surface area contributed by atoms with E-state index in [9.17, 15) is 9.18 Å².